The number of nitro groups is 1. The van der Waals surface area contributed by atoms with E-state index in [1.165, 1.54) is 24.3 Å². The molecule has 0 radical (unpaired) electrons. The molecule has 2 aromatic rings. The highest BCUT2D eigenvalue weighted by Gasteiger charge is 2.16. The van der Waals surface area contributed by atoms with E-state index in [0.29, 0.717) is 16.9 Å². The monoisotopic (exact) mass is 287 g/mol. The fourth-order valence-electron chi connectivity index (χ4n) is 1.84. The Bertz CT molecular complexity index is 702. The summed E-state index contributed by atoms with van der Waals surface area (Å²) in [7, 11) is 0. The lowest BCUT2D eigenvalue weighted by atomic mass is 10.1. The lowest BCUT2D eigenvalue weighted by Gasteiger charge is -2.02. The number of nitrogens with zero attached hydrogens (tertiary/aromatic N) is 1. The maximum absolute atomic E-state index is 11.6. The molecule has 0 bridgehead atoms. The molecule has 0 aliphatic heterocycles. The average molecular weight is 287 g/mol. The van der Waals surface area contributed by atoms with Gasteiger partial charge in [-0.2, -0.15) is 0 Å². The fourth-order valence-corrected chi connectivity index (χ4v) is 1.84. The molecule has 0 fully saturated rings. The minimum Gasteiger partial charge on any atom is -0.456 e. The van der Waals surface area contributed by atoms with Gasteiger partial charge >= 0.3 is 5.97 Å². The van der Waals surface area contributed by atoms with Crippen LogP contribution in [0.4, 0.5) is 5.69 Å². The summed E-state index contributed by atoms with van der Waals surface area (Å²) in [5.74, 6) is -0.0572. The number of benzene rings is 1. The number of nitro benzene ring substituents is 1. The maximum atomic E-state index is 11.6. The molecule has 1 aromatic heterocycles. The highest BCUT2D eigenvalue weighted by atomic mass is 16.6. The van der Waals surface area contributed by atoms with Crippen LogP contribution >= 0.6 is 0 Å². The van der Waals surface area contributed by atoms with Gasteiger partial charge in [-0.15, -0.1) is 0 Å². The van der Waals surface area contributed by atoms with Gasteiger partial charge < -0.3 is 9.15 Å². The van der Waals surface area contributed by atoms with Crippen molar-refractivity contribution in [3.8, 4) is 11.3 Å². The van der Waals surface area contributed by atoms with E-state index in [2.05, 4.69) is 6.58 Å². The van der Waals surface area contributed by atoms with Gasteiger partial charge in [0.05, 0.1) is 4.92 Å². The number of ether oxygens (including phenoxy) is 1. The van der Waals surface area contributed by atoms with E-state index in [1.807, 2.05) is 0 Å². The minimum absolute atomic E-state index is 0.00780. The number of carbonyl (C=O) groups excluding carboxylic acids is 1. The van der Waals surface area contributed by atoms with Gasteiger partial charge in [0.15, 0.2) is 0 Å². The highest BCUT2D eigenvalue weighted by molar-refractivity contribution is 5.87. The first-order chi connectivity index (χ1) is 10.0. The largest absolute Gasteiger partial charge is 0.456 e. The topological polar surface area (TPSA) is 82.6 Å². The van der Waals surface area contributed by atoms with E-state index >= 15 is 0 Å². The van der Waals surface area contributed by atoms with E-state index in [1.54, 1.807) is 19.1 Å². The summed E-state index contributed by atoms with van der Waals surface area (Å²) in [5, 5.41) is 10.7. The van der Waals surface area contributed by atoms with Crippen molar-refractivity contribution in [2.24, 2.45) is 0 Å². The van der Waals surface area contributed by atoms with Crippen molar-refractivity contribution in [2.45, 2.75) is 6.92 Å². The average Bonchev–Trinajstić information content (AvgIpc) is 2.94. The zero-order valence-electron chi connectivity index (χ0n) is 11.4. The Hall–Kier alpha value is -2.89. The molecule has 2 rings (SSSR count). The number of furan rings is 1. The summed E-state index contributed by atoms with van der Waals surface area (Å²) in [6, 6.07) is 7.56. The van der Waals surface area contributed by atoms with Gasteiger partial charge in [0.1, 0.15) is 12.4 Å². The fraction of sp³-hybridized carbons (Fsp3) is 0.133. The normalized spacial score (nSPS) is 10.1. The summed E-state index contributed by atoms with van der Waals surface area (Å²) in [4.78, 5) is 21.9. The molecule has 0 saturated carbocycles. The van der Waals surface area contributed by atoms with Crippen LogP contribution in [0.1, 0.15) is 16.1 Å². The van der Waals surface area contributed by atoms with Crippen LogP contribution in [0.3, 0.4) is 0 Å². The summed E-state index contributed by atoms with van der Waals surface area (Å²) in [6.07, 6.45) is 1.46. The lowest BCUT2D eigenvalue weighted by molar-refractivity contribution is -0.384. The zero-order chi connectivity index (χ0) is 15.4. The molecular weight excluding hydrogens is 274 g/mol. The molecule has 1 heterocycles. The summed E-state index contributed by atoms with van der Waals surface area (Å²) in [6.45, 7) is 5.29. The van der Waals surface area contributed by atoms with Crippen molar-refractivity contribution in [3.63, 3.8) is 0 Å². The van der Waals surface area contributed by atoms with E-state index < -0.39 is 10.9 Å². The lowest BCUT2D eigenvalue weighted by Crippen LogP contribution is -2.03. The van der Waals surface area contributed by atoms with Crippen LogP contribution in [0, 0.1) is 17.0 Å². The van der Waals surface area contributed by atoms with Gasteiger partial charge in [-0.25, -0.2) is 4.79 Å². The minimum atomic E-state index is -0.583. The summed E-state index contributed by atoms with van der Waals surface area (Å²) in [5.41, 5.74) is 1.38. The molecule has 6 nitrogen and oxygen atoms in total. The number of esters is 1. The Balaban J connectivity index is 2.27. The second-order valence-electron chi connectivity index (χ2n) is 4.31. The number of hydrogen-bond acceptors (Lipinski definition) is 5. The summed E-state index contributed by atoms with van der Waals surface area (Å²) < 4.78 is 10.3. The number of rotatable bonds is 5. The van der Waals surface area contributed by atoms with Gasteiger partial charge in [0, 0.05) is 17.7 Å². The molecule has 0 amide bonds. The molecule has 0 N–H and O–H groups in total. The molecule has 0 spiro atoms. The molecule has 0 aliphatic rings. The standard InChI is InChI=1S/C15H13NO5/c1-3-8-20-15(17)14-7-6-13(21-14)12-5-4-11(16(18)19)9-10(12)2/h3-7,9H,1,8H2,2H3. The SMILES string of the molecule is C=CCOC(=O)c1ccc(-c2ccc([N+](=O)[O-])cc2C)o1. The quantitative estimate of drug-likeness (QED) is 0.364. The first kappa shape index (κ1) is 14.5. The van der Waals surface area contributed by atoms with Crippen LogP contribution < -0.4 is 0 Å². The highest BCUT2D eigenvalue weighted by Crippen LogP contribution is 2.28. The molecule has 6 heteroatoms. The second kappa shape index (κ2) is 6.04. The number of hydrogen-bond donors (Lipinski definition) is 0. The summed E-state index contributed by atoms with van der Waals surface area (Å²) >= 11 is 0. The first-order valence-electron chi connectivity index (χ1n) is 6.16. The zero-order valence-corrected chi connectivity index (χ0v) is 11.4. The molecule has 0 unspecified atom stereocenters. The third-order valence-electron chi connectivity index (χ3n) is 2.83. The predicted octanol–water partition coefficient (Wildman–Crippen LogP) is 3.51. The smallest absolute Gasteiger partial charge is 0.374 e. The molecule has 1 aromatic carbocycles. The van der Waals surface area contributed by atoms with E-state index in [-0.39, 0.29) is 18.1 Å². The Morgan fingerprint density at radius 2 is 2.19 bits per heavy atom. The third-order valence-corrected chi connectivity index (χ3v) is 2.83. The molecule has 0 atom stereocenters. The van der Waals surface area contributed by atoms with Crippen LogP contribution in [-0.2, 0) is 4.74 Å². The number of carbonyl (C=O) groups is 1. The predicted molar refractivity (Wildman–Crippen MR) is 76.0 cm³/mol. The Morgan fingerprint density at radius 3 is 2.81 bits per heavy atom. The van der Waals surface area contributed by atoms with Gasteiger partial charge in [-0.05, 0) is 30.7 Å². The Kier molecular flexibility index (Phi) is 4.18. The van der Waals surface area contributed by atoms with Gasteiger partial charge in [0.25, 0.3) is 5.69 Å². The van der Waals surface area contributed by atoms with Crippen LogP contribution in [0.15, 0.2) is 47.4 Å². The molecule has 0 saturated heterocycles. The number of aryl methyl sites for hydroxylation is 1. The van der Waals surface area contributed by atoms with Crippen molar-refractivity contribution in [1.82, 2.24) is 0 Å². The maximum Gasteiger partial charge on any atom is 0.374 e. The van der Waals surface area contributed by atoms with Crippen LogP contribution in [0.25, 0.3) is 11.3 Å². The van der Waals surface area contributed by atoms with Crippen molar-refractivity contribution in [3.05, 3.63) is 64.4 Å². The number of non-ortho nitro benzene ring substituents is 1. The Labute approximate surface area is 120 Å². The van der Waals surface area contributed by atoms with Crippen molar-refractivity contribution < 1.29 is 18.9 Å². The molecule has 108 valence electrons. The van der Waals surface area contributed by atoms with Crippen molar-refractivity contribution in [1.29, 1.82) is 0 Å². The molecular formula is C15H13NO5. The molecule has 0 aliphatic carbocycles. The van der Waals surface area contributed by atoms with E-state index in [0.717, 1.165) is 0 Å². The third kappa shape index (κ3) is 3.17. The van der Waals surface area contributed by atoms with E-state index in [9.17, 15) is 14.9 Å². The van der Waals surface area contributed by atoms with Crippen LogP contribution in [0.5, 0.6) is 0 Å². The molecule has 21 heavy (non-hydrogen) atoms. The van der Waals surface area contributed by atoms with Gasteiger partial charge in [-0.1, -0.05) is 12.7 Å². The van der Waals surface area contributed by atoms with Gasteiger partial charge in [0.2, 0.25) is 5.76 Å². The Morgan fingerprint density at radius 1 is 1.43 bits per heavy atom. The van der Waals surface area contributed by atoms with Crippen LogP contribution in [0.2, 0.25) is 0 Å². The van der Waals surface area contributed by atoms with Crippen molar-refractivity contribution >= 4 is 11.7 Å². The second-order valence-corrected chi connectivity index (χ2v) is 4.31. The first-order valence-corrected chi connectivity index (χ1v) is 6.16. The van der Waals surface area contributed by atoms with E-state index in [4.69, 9.17) is 9.15 Å². The van der Waals surface area contributed by atoms with Gasteiger partial charge in [-0.3, -0.25) is 10.1 Å². The van der Waals surface area contributed by atoms with Crippen LogP contribution in [-0.4, -0.2) is 17.5 Å². The van der Waals surface area contributed by atoms with Crippen molar-refractivity contribution in [2.75, 3.05) is 6.61 Å².